The van der Waals surface area contributed by atoms with Crippen molar-refractivity contribution in [1.29, 1.82) is 0 Å². The molecule has 0 fully saturated rings. The summed E-state index contributed by atoms with van der Waals surface area (Å²) >= 11 is 6.25. The van der Waals surface area contributed by atoms with E-state index in [2.05, 4.69) is 15.0 Å². The Morgan fingerprint density at radius 3 is 2.59 bits per heavy atom. The number of hydrogen-bond acceptors (Lipinski definition) is 4. The first-order valence-corrected chi connectivity index (χ1v) is 8.58. The monoisotopic (exact) mass is 335 g/mol. The van der Waals surface area contributed by atoms with Gasteiger partial charge in [-0.05, 0) is 19.1 Å². The molecule has 1 aliphatic rings. The predicted molar refractivity (Wildman–Crippen MR) is 88.8 cm³/mol. The third-order valence-electron chi connectivity index (χ3n) is 3.27. The molecule has 0 amide bonds. The molecule has 1 heterocycles. The predicted octanol–water partition coefficient (Wildman–Crippen LogP) is 3.09. The third-order valence-corrected chi connectivity index (χ3v) is 4.92. The number of nitrogens with zero attached hydrogens (tertiary/aromatic N) is 1. The van der Waals surface area contributed by atoms with Crippen molar-refractivity contribution >= 4 is 33.3 Å². The van der Waals surface area contributed by atoms with Crippen LogP contribution in [0.2, 0.25) is 5.02 Å². The van der Waals surface area contributed by atoms with Crippen molar-refractivity contribution in [3.05, 3.63) is 47.5 Å². The van der Waals surface area contributed by atoms with Gasteiger partial charge in [-0.25, -0.2) is 0 Å². The van der Waals surface area contributed by atoms with Gasteiger partial charge in [-0.15, -0.1) is 4.40 Å². The molecule has 0 saturated carbocycles. The van der Waals surface area contributed by atoms with E-state index in [9.17, 15) is 8.42 Å². The molecule has 2 aromatic rings. The lowest BCUT2D eigenvalue weighted by Gasteiger charge is -2.21. The lowest BCUT2D eigenvalue weighted by Crippen LogP contribution is -2.34. The zero-order valence-electron chi connectivity index (χ0n) is 11.8. The Kier molecular flexibility index (Phi) is 3.80. The van der Waals surface area contributed by atoms with Gasteiger partial charge in [0.25, 0.3) is 10.0 Å². The van der Waals surface area contributed by atoms with Crippen LogP contribution < -0.4 is 10.6 Å². The van der Waals surface area contributed by atoms with Crippen molar-refractivity contribution in [2.75, 3.05) is 11.9 Å². The van der Waals surface area contributed by atoms with Crippen molar-refractivity contribution in [2.24, 2.45) is 4.40 Å². The number of anilines is 1. The average molecular weight is 336 g/mol. The van der Waals surface area contributed by atoms with Gasteiger partial charge in [0.1, 0.15) is 4.90 Å². The van der Waals surface area contributed by atoms with Crippen LogP contribution in [0.5, 0.6) is 0 Å². The molecule has 114 valence electrons. The molecule has 0 radical (unpaired) electrons. The first-order chi connectivity index (χ1) is 10.5. The fraction of sp³-hybridized carbons (Fsp3) is 0.133. The van der Waals surface area contributed by atoms with Gasteiger partial charge in [-0.1, -0.05) is 41.9 Å². The smallest absolute Gasteiger partial charge is 0.287 e. The normalized spacial score (nSPS) is 15.5. The van der Waals surface area contributed by atoms with Crippen LogP contribution in [0.1, 0.15) is 6.92 Å². The second kappa shape index (κ2) is 5.62. The van der Waals surface area contributed by atoms with Crippen LogP contribution in [-0.2, 0) is 10.0 Å². The average Bonchev–Trinajstić information content (AvgIpc) is 2.47. The van der Waals surface area contributed by atoms with Crippen molar-refractivity contribution in [3.63, 3.8) is 0 Å². The second-order valence-corrected chi connectivity index (χ2v) is 6.71. The highest BCUT2D eigenvalue weighted by molar-refractivity contribution is 7.90. The van der Waals surface area contributed by atoms with Crippen LogP contribution in [0.4, 0.5) is 5.69 Å². The molecule has 3 rings (SSSR count). The number of nitrogens with one attached hydrogen (secondary N) is 2. The fourth-order valence-electron chi connectivity index (χ4n) is 2.33. The van der Waals surface area contributed by atoms with E-state index in [0.29, 0.717) is 17.3 Å². The fourth-order valence-corrected chi connectivity index (χ4v) is 3.69. The largest absolute Gasteiger partial charge is 0.355 e. The van der Waals surface area contributed by atoms with Crippen LogP contribution in [0, 0.1) is 0 Å². The lowest BCUT2D eigenvalue weighted by molar-refractivity contribution is 0.597. The van der Waals surface area contributed by atoms with Gasteiger partial charge in [0.15, 0.2) is 0 Å². The van der Waals surface area contributed by atoms with E-state index in [-0.39, 0.29) is 10.9 Å². The van der Waals surface area contributed by atoms with E-state index in [1.807, 2.05) is 31.2 Å². The summed E-state index contributed by atoms with van der Waals surface area (Å²) in [4.78, 5) is 0.145. The number of rotatable bonds is 2. The minimum atomic E-state index is -3.74. The number of sulfonamides is 1. The second-order valence-electron chi connectivity index (χ2n) is 4.73. The van der Waals surface area contributed by atoms with Crippen molar-refractivity contribution in [3.8, 4) is 11.1 Å². The minimum absolute atomic E-state index is 0.145. The molecule has 2 aromatic carbocycles. The van der Waals surface area contributed by atoms with Gasteiger partial charge in [0.05, 0.1) is 5.69 Å². The molecule has 22 heavy (non-hydrogen) atoms. The summed E-state index contributed by atoms with van der Waals surface area (Å²) < 4.78 is 28.4. The minimum Gasteiger partial charge on any atom is -0.355 e. The summed E-state index contributed by atoms with van der Waals surface area (Å²) in [5.74, 6) is 0.217. The molecule has 0 bridgehead atoms. The number of guanidine groups is 1. The molecular weight excluding hydrogens is 322 g/mol. The molecule has 0 aliphatic carbocycles. The molecule has 5 nitrogen and oxygen atoms in total. The summed E-state index contributed by atoms with van der Waals surface area (Å²) in [6.45, 7) is 2.43. The maximum atomic E-state index is 12.3. The maximum Gasteiger partial charge on any atom is 0.287 e. The summed E-state index contributed by atoms with van der Waals surface area (Å²) in [5.41, 5.74) is 1.97. The van der Waals surface area contributed by atoms with Gasteiger partial charge in [-0.2, -0.15) is 8.42 Å². The van der Waals surface area contributed by atoms with Gasteiger partial charge < -0.3 is 10.6 Å². The molecule has 2 N–H and O–H groups in total. The Bertz CT molecular complexity index is 863. The Morgan fingerprint density at radius 2 is 1.86 bits per heavy atom. The number of para-hydroxylation sites is 1. The number of benzene rings is 2. The molecule has 0 saturated heterocycles. The zero-order valence-corrected chi connectivity index (χ0v) is 13.4. The number of halogens is 1. The van der Waals surface area contributed by atoms with Crippen molar-refractivity contribution in [2.45, 2.75) is 11.8 Å². The van der Waals surface area contributed by atoms with Crippen LogP contribution in [-0.4, -0.2) is 20.9 Å². The van der Waals surface area contributed by atoms with E-state index >= 15 is 0 Å². The SMILES string of the molecule is CCNC1=NS(=O)(=O)c2cccc(-c3ccccc3Cl)c2N1. The Labute approximate surface area is 134 Å². The van der Waals surface area contributed by atoms with E-state index in [1.165, 1.54) is 6.07 Å². The van der Waals surface area contributed by atoms with Gasteiger partial charge in [0, 0.05) is 22.7 Å². The zero-order chi connectivity index (χ0) is 15.7. The molecule has 7 heteroatoms. The standard InChI is InChI=1S/C15H14ClN3O2S/c1-2-17-15-18-14-11(10-6-3-4-8-12(10)16)7-5-9-13(14)22(20,21)19-15/h3-9H,2H2,1H3,(H2,17,18,19). The molecule has 0 atom stereocenters. The summed E-state index contributed by atoms with van der Waals surface area (Å²) in [5, 5.41) is 6.51. The number of fused-ring (bicyclic) bond motifs is 1. The lowest BCUT2D eigenvalue weighted by atomic mass is 10.0. The molecular formula is C15H14ClN3O2S. The maximum absolute atomic E-state index is 12.3. The molecule has 0 aromatic heterocycles. The number of hydrogen-bond donors (Lipinski definition) is 2. The van der Waals surface area contributed by atoms with Gasteiger partial charge >= 0.3 is 0 Å². The topological polar surface area (TPSA) is 70.6 Å². The highest BCUT2D eigenvalue weighted by atomic mass is 35.5. The van der Waals surface area contributed by atoms with E-state index in [0.717, 1.165) is 11.1 Å². The van der Waals surface area contributed by atoms with E-state index < -0.39 is 10.0 Å². The van der Waals surface area contributed by atoms with Gasteiger partial charge in [-0.3, -0.25) is 0 Å². The molecule has 1 aliphatic heterocycles. The van der Waals surface area contributed by atoms with E-state index in [4.69, 9.17) is 11.6 Å². The Hall–Kier alpha value is -2.05. The van der Waals surface area contributed by atoms with Crippen LogP contribution >= 0.6 is 11.6 Å². The first kappa shape index (κ1) is 14.9. The van der Waals surface area contributed by atoms with Crippen molar-refractivity contribution < 1.29 is 8.42 Å². The third kappa shape index (κ3) is 2.55. The van der Waals surface area contributed by atoms with E-state index in [1.54, 1.807) is 12.1 Å². The first-order valence-electron chi connectivity index (χ1n) is 6.76. The Morgan fingerprint density at radius 1 is 1.14 bits per heavy atom. The highest BCUT2D eigenvalue weighted by Gasteiger charge is 2.27. The highest BCUT2D eigenvalue weighted by Crippen LogP contribution is 2.39. The Balaban J connectivity index is 2.22. The summed E-state index contributed by atoms with van der Waals surface area (Å²) in [6, 6.07) is 12.4. The summed E-state index contributed by atoms with van der Waals surface area (Å²) in [6.07, 6.45) is 0. The molecule has 0 spiro atoms. The van der Waals surface area contributed by atoms with Crippen molar-refractivity contribution in [1.82, 2.24) is 5.32 Å². The van der Waals surface area contributed by atoms with Crippen LogP contribution in [0.15, 0.2) is 51.8 Å². The quantitative estimate of drug-likeness (QED) is 0.884. The summed E-state index contributed by atoms with van der Waals surface area (Å²) in [7, 11) is -3.74. The van der Waals surface area contributed by atoms with Crippen LogP contribution in [0.3, 0.4) is 0 Å². The molecule has 0 unspecified atom stereocenters. The van der Waals surface area contributed by atoms with Crippen LogP contribution in [0.25, 0.3) is 11.1 Å². The van der Waals surface area contributed by atoms with Gasteiger partial charge in [0.2, 0.25) is 5.96 Å².